The Bertz CT molecular complexity index is 1450. The van der Waals surface area contributed by atoms with E-state index >= 15 is 0 Å². The van der Waals surface area contributed by atoms with Crippen LogP contribution in [0.3, 0.4) is 0 Å². The lowest BCUT2D eigenvalue weighted by Crippen LogP contribution is -2.23. The third-order valence-electron chi connectivity index (χ3n) is 5.39. The van der Waals surface area contributed by atoms with Crippen LogP contribution in [0.1, 0.15) is 17.3 Å². The van der Waals surface area contributed by atoms with Gasteiger partial charge in [-0.1, -0.05) is 41.6 Å². The van der Waals surface area contributed by atoms with Crippen molar-refractivity contribution in [3.63, 3.8) is 0 Å². The lowest BCUT2D eigenvalue weighted by molar-refractivity contribution is -0.141. The summed E-state index contributed by atoms with van der Waals surface area (Å²) in [6.07, 6.45) is 1.54. The fourth-order valence-electron chi connectivity index (χ4n) is 3.53. The zero-order valence-corrected chi connectivity index (χ0v) is 21.1. The van der Waals surface area contributed by atoms with Crippen LogP contribution in [0.2, 0.25) is 0 Å². The molecule has 12 heteroatoms. The quantitative estimate of drug-likeness (QED) is 0.303. The SMILES string of the molecule is COc1ccc(C[C@@H](C(=O)O)n2cc(CNS(=O)(=O)c3ccc(-c4ccccc4)s3)nn2)cc1OC. The molecule has 0 saturated heterocycles. The van der Waals surface area contributed by atoms with Gasteiger partial charge in [0.1, 0.15) is 4.21 Å². The second kappa shape index (κ2) is 10.9. The second-order valence-corrected chi connectivity index (χ2v) is 10.8. The van der Waals surface area contributed by atoms with Crippen LogP contribution in [-0.2, 0) is 27.8 Å². The molecule has 188 valence electrons. The summed E-state index contributed by atoms with van der Waals surface area (Å²) in [4.78, 5) is 12.8. The Morgan fingerprint density at radius 1 is 1.08 bits per heavy atom. The molecule has 2 aromatic heterocycles. The highest BCUT2D eigenvalue weighted by atomic mass is 32.2. The number of benzene rings is 2. The van der Waals surface area contributed by atoms with Crippen molar-refractivity contribution in [3.05, 3.63) is 78.1 Å². The number of hydrogen-bond donors (Lipinski definition) is 2. The highest BCUT2D eigenvalue weighted by molar-refractivity contribution is 7.91. The third-order valence-corrected chi connectivity index (χ3v) is 8.41. The van der Waals surface area contributed by atoms with Gasteiger partial charge in [0, 0.05) is 11.3 Å². The predicted molar refractivity (Wildman–Crippen MR) is 134 cm³/mol. The molecule has 0 saturated carbocycles. The number of aliphatic carboxylic acids is 1. The molecule has 1 atom stereocenters. The van der Waals surface area contributed by atoms with Gasteiger partial charge in [0.15, 0.2) is 17.5 Å². The smallest absolute Gasteiger partial charge is 0.328 e. The highest BCUT2D eigenvalue weighted by Gasteiger charge is 2.24. The fourth-order valence-corrected chi connectivity index (χ4v) is 5.89. The van der Waals surface area contributed by atoms with E-state index in [0.717, 1.165) is 21.8 Å². The van der Waals surface area contributed by atoms with E-state index in [1.165, 1.54) is 25.1 Å². The molecule has 0 aliphatic heterocycles. The average Bonchev–Trinajstić information content (AvgIpc) is 3.57. The number of methoxy groups -OCH3 is 2. The van der Waals surface area contributed by atoms with Crippen LogP contribution in [0.25, 0.3) is 10.4 Å². The first-order valence-electron chi connectivity index (χ1n) is 10.8. The molecule has 0 spiro atoms. The number of rotatable bonds is 11. The summed E-state index contributed by atoms with van der Waals surface area (Å²) < 4.78 is 39.9. The molecular weight excluding hydrogens is 504 g/mol. The number of thiophene rings is 1. The number of carboxylic acid groups (broad SMARTS) is 1. The Morgan fingerprint density at radius 2 is 1.83 bits per heavy atom. The van der Waals surface area contributed by atoms with Crippen molar-refractivity contribution >= 4 is 27.3 Å². The maximum Gasteiger partial charge on any atom is 0.328 e. The number of nitrogens with one attached hydrogen (secondary N) is 1. The lowest BCUT2D eigenvalue weighted by Gasteiger charge is -2.14. The monoisotopic (exact) mass is 528 g/mol. The van der Waals surface area contributed by atoms with E-state index in [4.69, 9.17) is 9.47 Å². The van der Waals surface area contributed by atoms with E-state index in [1.807, 2.05) is 30.3 Å². The van der Waals surface area contributed by atoms with Crippen LogP contribution in [0.15, 0.2) is 71.1 Å². The largest absolute Gasteiger partial charge is 0.493 e. The van der Waals surface area contributed by atoms with Crippen molar-refractivity contribution in [2.75, 3.05) is 14.2 Å². The maximum atomic E-state index is 12.8. The minimum Gasteiger partial charge on any atom is -0.493 e. The minimum atomic E-state index is -3.79. The maximum absolute atomic E-state index is 12.8. The van der Waals surface area contributed by atoms with Gasteiger partial charge in [0.25, 0.3) is 0 Å². The highest BCUT2D eigenvalue weighted by Crippen LogP contribution is 2.31. The molecule has 0 amide bonds. The van der Waals surface area contributed by atoms with E-state index in [0.29, 0.717) is 17.1 Å². The Balaban J connectivity index is 1.45. The summed E-state index contributed by atoms with van der Waals surface area (Å²) in [6.45, 7) is -0.135. The van der Waals surface area contributed by atoms with Gasteiger partial charge in [-0.15, -0.1) is 16.4 Å². The number of aromatic nitrogens is 3. The van der Waals surface area contributed by atoms with Crippen molar-refractivity contribution in [3.8, 4) is 21.9 Å². The number of ether oxygens (including phenoxy) is 2. The molecule has 0 fully saturated rings. The van der Waals surface area contributed by atoms with E-state index in [9.17, 15) is 18.3 Å². The number of carboxylic acids is 1. The lowest BCUT2D eigenvalue weighted by atomic mass is 10.1. The van der Waals surface area contributed by atoms with Gasteiger partial charge >= 0.3 is 5.97 Å². The van der Waals surface area contributed by atoms with Crippen molar-refractivity contribution in [1.29, 1.82) is 0 Å². The van der Waals surface area contributed by atoms with Crippen LogP contribution < -0.4 is 14.2 Å². The summed E-state index contributed by atoms with van der Waals surface area (Å²) in [5.41, 5.74) is 1.92. The first-order chi connectivity index (χ1) is 17.3. The summed E-state index contributed by atoms with van der Waals surface area (Å²) >= 11 is 1.16. The molecule has 0 aliphatic carbocycles. The second-order valence-electron chi connectivity index (χ2n) is 7.75. The summed E-state index contributed by atoms with van der Waals surface area (Å²) in [5.74, 6) is -0.0873. The van der Waals surface area contributed by atoms with Crippen LogP contribution >= 0.6 is 11.3 Å². The number of carbonyl (C=O) groups is 1. The van der Waals surface area contributed by atoms with Crippen LogP contribution in [0.5, 0.6) is 11.5 Å². The van der Waals surface area contributed by atoms with Gasteiger partial charge in [-0.3, -0.25) is 0 Å². The summed E-state index contributed by atoms with van der Waals surface area (Å²) in [7, 11) is -0.769. The molecule has 2 aromatic carbocycles. The van der Waals surface area contributed by atoms with Crippen molar-refractivity contribution in [2.24, 2.45) is 0 Å². The standard InChI is InChI=1S/C24H24N4O6S2/c1-33-20-9-8-16(13-21(20)34-2)12-19(24(29)30)28-15-18(26-27-28)14-25-36(31,32)23-11-10-22(35-23)17-6-4-3-5-7-17/h3-11,13,15,19,25H,12,14H2,1-2H3,(H,29,30)/t19-/m0/s1. The van der Waals surface area contributed by atoms with E-state index in [-0.39, 0.29) is 22.9 Å². The Kier molecular flexibility index (Phi) is 7.67. The number of nitrogens with zero attached hydrogens (tertiary/aromatic N) is 3. The van der Waals surface area contributed by atoms with Gasteiger partial charge in [-0.05, 0) is 35.4 Å². The Morgan fingerprint density at radius 3 is 2.53 bits per heavy atom. The fraction of sp³-hybridized carbons (Fsp3) is 0.208. The van der Waals surface area contributed by atoms with Gasteiger partial charge < -0.3 is 14.6 Å². The van der Waals surface area contributed by atoms with Crippen molar-refractivity contribution < 1.29 is 27.8 Å². The normalized spacial score (nSPS) is 12.3. The summed E-state index contributed by atoms with van der Waals surface area (Å²) in [6, 6.07) is 16.9. The van der Waals surface area contributed by atoms with E-state index < -0.39 is 22.0 Å². The van der Waals surface area contributed by atoms with Crippen LogP contribution in [0.4, 0.5) is 0 Å². The van der Waals surface area contributed by atoms with E-state index in [1.54, 1.807) is 30.3 Å². The first kappa shape index (κ1) is 25.4. The van der Waals surface area contributed by atoms with Gasteiger partial charge in [-0.25, -0.2) is 22.6 Å². The Hall–Kier alpha value is -3.74. The molecule has 36 heavy (non-hydrogen) atoms. The molecule has 0 aliphatic rings. The molecule has 4 aromatic rings. The number of hydrogen-bond acceptors (Lipinski definition) is 8. The Labute approximate surface area is 212 Å². The van der Waals surface area contributed by atoms with E-state index in [2.05, 4.69) is 15.0 Å². The van der Waals surface area contributed by atoms with Crippen molar-refractivity contribution in [1.82, 2.24) is 19.7 Å². The molecule has 2 N–H and O–H groups in total. The zero-order valence-electron chi connectivity index (χ0n) is 19.5. The first-order valence-corrected chi connectivity index (χ1v) is 13.1. The summed E-state index contributed by atoms with van der Waals surface area (Å²) in [5, 5.41) is 17.7. The molecule has 0 radical (unpaired) electrons. The molecule has 4 rings (SSSR count). The molecule has 0 bridgehead atoms. The topological polar surface area (TPSA) is 133 Å². The van der Waals surface area contributed by atoms with Crippen LogP contribution in [0, 0.1) is 0 Å². The molecule has 10 nitrogen and oxygen atoms in total. The third kappa shape index (κ3) is 5.73. The molecular formula is C24H24N4O6S2. The average molecular weight is 529 g/mol. The van der Waals surface area contributed by atoms with Gasteiger partial charge in [-0.2, -0.15) is 0 Å². The number of sulfonamides is 1. The molecule has 0 unspecified atom stereocenters. The van der Waals surface area contributed by atoms with Gasteiger partial charge in [0.05, 0.1) is 32.7 Å². The zero-order chi connectivity index (χ0) is 25.7. The predicted octanol–water partition coefficient (Wildman–Crippen LogP) is 3.37. The minimum absolute atomic E-state index is 0.113. The van der Waals surface area contributed by atoms with Crippen LogP contribution in [-0.4, -0.2) is 48.7 Å². The molecule has 2 heterocycles. The van der Waals surface area contributed by atoms with Crippen molar-refractivity contribution in [2.45, 2.75) is 23.2 Å². The van der Waals surface area contributed by atoms with Gasteiger partial charge in [0.2, 0.25) is 10.0 Å².